The molecular weight excluding hydrogens is 418 g/mol. The molecule has 1 aromatic heterocycles. The van der Waals surface area contributed by atoms with E-state index >= 15 is 0 Å². The van der Waals surface area contributed by atoms with Crippen LogP contribution in [-0.4, -0.2) is 4.98 Å². The lowest BCUT2D eigenvalue weighted by Gasteiger charge is -2.20. The predicted molar refractivity (Wildman–Crippen MR) is 129 cm³/mol. The third-order valence-corrected chi connectivity index (χ3v) is 5.59. The number of aromatic nitrogens is 1. The Morgan fingerprint density at radius 1 is 0.824 bits per heavy atom. The van der Waals surface area contributed by atoms with Crippen molar-refractivity contribution in [1.29, 1.82) is 21.0 Å². The number of rotatable bonds is 0. The fourth-order valence-corrected chi connectivity index (χ4v) is 4.01. The summed E-state index contributed by atoms with van der Waals surface area (Å²) in [4.78, 5) is 4.00. The van der Waals surface area contributed by atoms with Gasteiger partial charge < -0.3 is 0 Å². The minimum Gasteiger partial charge on any atom is -0.236 e. The van der Waals surface area contributed by atoms with Crippen molar-refractivity contribution in [1.82, 2.24) is 4.98 Å². The second-order valence-electron chi connectivity index (χ2n) is 7.43. The molecule has 0 saturated heterocycles. The van der Waals surface area contributed by atoms with Crippen LogP contribution in [0.25, 0.3) is 23.1 Å². The van der Waals surface area contributed by atoms with Gasteiger partial charge in [0.1, 0.15) is 23.8 Å². The van der Waals surface area contributed by atoms with Gasteiger partial charge in [-0.1, -0.05) is 67.3 Å². The van der Waals surface area contributed by atoms with Crippen molar-refractivity contribution in [2.24, 2.45) is 5.92 Å². The zero-order valence-corrected chi connectivity index (χ0v) is 17.9. The molecule has 1 heterocycles. The molecule has 2 aromatic carbocycles. The highest BCUT2D eigenvalue weighted by Crippen LogP contribution is 2.28. The minimum absolute atomic E-state index is 0.0243. The quantitative estimate of drug-likeness (QED) is 0.501. The minimum atomic E-state index is -0.100. The van der Waals surface area contributed by atoms with E-state index in [1.54, 1.807) is 24.3 Å². The van der Waals surface area contributed by atoms with Gasteiger partial charge in [-0.15, -0.1) is 5.73 Å². The van der Waals surface area contributed by atoms with Gasteiger partial charge in [0.25, 0.3) is 0 Å². The summed E-state index contributed by atoms with van der Waals surface area (Å²) in [5, 5.41) is 39.0. The van der Waals surface area contributed by atoms with Gasteiger partial charge in [0.15, 0.2) is 5.69 Å². The van der Waals surface area contributed by atoms with E-state index in [0.717, 1.165) is 5.57 Å². The molecule has 0 saturated carbocycles. The van der Waals surface area contributed by atoms with Crippen LogP contribution in [0.5, 0.6) is 0 Å². The summed E-state index contributed by atoms with van der Waals surface area (Å²) >= 11 is 0. The molecule has 0 spiro atoms. The molecule has 0 aliphatic heterocycles. The Labute approximate surface area is 196 Å². The maximum absolute atomic E-state index is 9.14. The zero-order chi connectivity index (χ0) is 24.1. The van der Waals surface area contributed by atoms with Crippen molar-refractivity contribution < 1.29 is 0 Å². The summed E-state index contributed by atoms with van der Waals surface area (Å²) in [7, 11) is 0. The van der Waals surface area contributed by atoms with Crippen LogP contribution < -0.4 is 10.4 Å². The summed E-state index contributed by atoms with van der Waals surface area (Å²) in [5.74, 6) is 0.331. The van der Waals surface area contributed by atoms with Crippen LogP contribution in [0.1, 0.15) is 22.4 Å². The van der Waals surface area contributed by atoms with Crippen molar-refractivity contribution in [3.8, 4) is 24.3 Å². The Bertz CT molecular complexity index is 1750. The molecule has 156 valence electrons. The molecule has 1 atom stereocenters. The van der Waals surface area contributed by atoms with E-state index in [1.165, 1.54) is 22.1 Å². The Morgan fingerprint density at radius 2 is 1.59 bits per heavy atom. The molecule has 2 aliphatic rings. The van der Waals surface area contributed by atoms with Crippen molar-refractivity contribution in [3.63, 3.8) is 0 Å². The Kier molecular flexibility index (Phi) is 5.99. The molecule has 34 heavy (non-hydrogen) atoms. The molecule has 0 bridgehead atoms. The van der Waals surface area contributed by atoms with Crippen LogP contribution in [0.3, 0.4) is 0 Å². The summed E-state index contributed by atoms with van der Waals surface area (Å²) in [6.45, 7) is 3.76. The fraction of sp³-hybridized carbons (Fsp3) is 0.0345. The van der Waals surface area contributed by atoms with E-state index in [4.69, 9.17) is 21.0 Å². The number of nitrogens with zero attached hydrogens (tertiary/aromatic N) is 5. The van der Waals surface area contributed by atoms with E-state index in [0.29, 0.717) is 16.8 Å². The SMILES string of the molecule is C=C=C1C=CC=C2C=c3ccccc3=CC12.N#Cc1nc2cccc(C#N)c2c(C#N)c1C#N. The van der Waals surface area contributed by atoms with Gasteiger partial charge in [-0.2, -0.15) is 21.0 Å². The Hall–Kier alpha value is -5.45. The first-order chi connectivity index (χ1) is 16.6. The van der Waals surface area contributed by atoms with Crippen LogP contribution in [0.4, 0.5) is 0 Å². The number of hydrogen-bond donors (Lipinski definition) is 0. The highest BCUT2D eigenvalue weighted by atomic mass is 14.7. The standard InChI is InChI=1S/C16H12.C13H3N5/c1-2-12-8-5-9-15-10-13-6-3-4-7-14(13)11-16(12)15;14-4-8-2-1-3-11-13(8)10(6-16)9(5-15)12(7-17)18-11/h3-11,16H,1H2;1-3H. The van der Waals surface area contributed by atoms with E-state index in [-0.39, 0.29) is 22.4 Å². The van der Waals surface area contributed by atoms with Gasteiger partial charge in [0.05, 0.1) is 22.7 Å². The summed E-state index contributed by atoms with van der Waals surface area (Å²) < 4.78 is 0. The predicted octanol–water partition coefficient (Wildman–Crippen LogP) is 3.81. The molecule has 5 heteroatoms. The van der Waals surface area contributed by atoms with Gasteiger partial charge in [0.2, 0.25) is 0 Å². The van der Waals surface area contributed by atoms with Crippen molar-refractivity contribution >= 4 is 23.1 Å². The molecule has 3 aromatic rings. The lowest BCUT2D eigenvalue weighted by molar-refractivity contribution is 0.998. The summed E-state index contributed by atoms with van der Waals surface area (Å²) in [5.41, 5.74) is 5.96. The average Bonchev–Trinajstić information content (AvgIpc) is 2.90. The number of allylic oxidation sites excluding steroid dienone is 5. The average molecular weight is 433 g/mol. The van der Waals surface area contributed by atoms with Crippen molar-refractivity contribution in [2.75, 3.05) is 0 Å². The van der Waals surface area contributed by atoms with Gasteiger partial charge >= 0.3 is 0 Å². The number of benzene rings is 2. The molecule has 2 aliphatic carbocycles. The van der Waals surface area contributed by atoms with E-state index < -0.39 is 0 Å². The van der Waals surface area contributed by atoms with Gasteiger partial charge in [-0.3, -0.25) is 0 Å². The van der Waals surface area contributed by atoms with E-state index in [9.17, 15) is 0 Å². The van der Waals surface area contributed by atoms with Gasteiger partial charge in [0, 0.05) is 16.9 Å². The van der Waals surface area contributed by atoms with E-state index in [2.05, 4.69) is 71.9 Å². The molecule has 0 amide bonds. The highest BCUT2D eigenvalue weighted by Gasteiger charge is 2.18. The first kappa shape index (κ1) is 21.8. The third kappa shape index (κ3) is 3.80. The topological polar surface area (TPSA) is 108 Å². The maximum Gasteiger partial charge on any atom is 0.160 e. The molecule has 5 nitrogen and oxygen atoms in total. The molecule has 1 unspecified atom stereocenters. The second-order valence-corrected chi connectivity index (χ2v) is 7.43. The van der Waals surface area contributed by atoms with Crippen LogP contribution in [0, 0.1) is 51.2 Å². The first-order valence-electron chi connectivity index (χ1n) is 10.3. The van der Waals surface area contributed by atoms with Crippen molar-refractivity contribution in [2.45, 2.75) is 0 Å². The number of pyridine rings is 1. The smallest absolute Gasteiger partial charge is 0.160 e. The normalized spacial score (nSPS) is 14.5. The second kappa shape index (κ2) is 9.36. The molecule has 0 radical (unpaired) electrons. The summed E-state index contributed by atoms with van der Waals surface area (Å²) in [6.07, 6.45) is 10.9. The largest absolute Gasteiger partial charge is 0.236 e. The molecule has 0 N–H and O–H groups in total. The molecular formula is C29H15N5. The maximum atomic E-state index is 9.14. The number of hydrogen-bond acceptors (Lipinski definition) is 5. The summed E-state index contributed by atoms with van der Waals surface area (Å²) in [6, 6.07) is 20.6. The number of nitriles is 4. The Balaban J connectivity index is 0.000000162. The van der Waals surface area contributed by atoms with E-state index in [1.807, 2.05) is 12.1 Å². The molecule has 0 fully saturated rings. The highest BCUT2D eigenvalue weighted by molar-refractivity contribution is 5.92. The Morgan fingerprint density at radius 3 is 2.26 bits per heavy atom. The fourth-order valence-electron chi connectivity index (χ4n) is 4.01. The first-order valence-corrected chi connectivity index (χ1v) is 10.3. The van der Waals surface area contributed by atoms with Crippen LogP contribution in [-0.2, 0) is 0 Å². The van der Waals surface area contributed by atoms with Gasteiger partial charge in [-0.05, 0) is 28.1 Å². The van der Waals surface area contributed by atoms with Gasteiger partial charge in [-0.25, -0.2) is 4.98 Å². The monoisotopic (exact) mass is 433 g/mol. The lowest BCUT2D eigenvalue weighted by atomic mass is 9.83. The number of fused-ring (bicyclic) bond motifs is 3. The third-order valence-electron chi connectivity index (χ3n) is 5.59. The van der Waals surface area contributed by atoms with Crippen molar-refractivity contribution in [3.05, 3.63) is 117 Å². The van der Waals surface area contributed by atoms with Crippen LogP contribution in [0.15, 0.2) is 84.1 Å². The lowest BCUT2D eigenvalue weighted by Crippen LogP contribution is -2.30. The van der Waals surface area contributed by atoms with Crippen LogP contribution >= 0.6 is 0 Å². The van der Waals surface area contributed by atoms with Crippen LogP contribution in [0.2, 0.25) is 0 Å². The molecule has 5 rings (SSSR count). The zero-order valence-electron chi connectivity index (χ0n) is 17.9.